The lowest BCUT2D eigenvalue weighted by Gasteiger charge is -2.22. The van der Waals surface area contributed by atoms with Gasteiger partial charge in [-0.15, -0.1) is 0 Å². The summed E-state index contributed by atoms with van der Waals surface area (Å²) in [4.78, 5) is 12.8. The highest BCUT2D eigenvalue weighted by molar-refractivity contribution is 5.96. The first-order valence-corrected chi connectivity index (χ1v) is 3.80. The molecule has 0 spiro atoms. The number of fused-ring (bicyclic) bond motifs is 1. The van der Waals surface area contributed by atoms with Gasteiger partial charge in [0.1, 0.15) is 12.5 Å². The molecule has 2 rings (SSSR count). The Kier molecular flexibility index (Phi) is 1.49. The number of amides is 1. The molecule has 0 fully saturated rings. The van der Waals surface area contributed by atoms with Gasteiger partial charge in [0.25, 0.3) is 0 Å². The number of rotatable bonds is 1. The summed E-state index contributed by atoms with van der Waals surface area (Å²) in [6.07, 6.45) is 2.54. The lowest BCUT2D eigenvalue weighted by molar-refractivity contribution is -0.114. The Morgan fingerprint density at radius 2 is 2.58 bits per heavy atom. The van der Waals surface area contributed by atoms with Crippen LogP contribution in [0.15, 0.2) is 16.8 Å². The highest BCUT2D eigenvalue weighted by Crippen LogP contribution is 2.13. The van der Waals surface area contributed by atoms with Gasteiger partial charge in [0.05, 0.1) is 6.54 Å². The molecule has 1 amide bonds. The first-order chi connectivity index (χ1) is 5.77. The fourth-order valence-electron chi connectivity index (χ4n) is 1.36. The third kappa shape index (κ3) is 1.03. The SMILES string of the molecule is NC(=O)C1=CCC2=NNCN2C1. The van der Waals surface area contributed by atoms with Gasteiger partial charge in [0.2, 0.25) is 5.91 Å². The minimum atomic E-state index is -0.332. The largest absolute Gasteiger partial charge is 0.366 e. The molecule has 3 N–H and O–H groups in total. The summed E-state index contributed by atoms with van der Waals surface area (Å²) >= 11 is 0. The third-order valence-electron chi connectivity index (χ3n) is 2.04. The number of hydrogen-bond donors (Lipinski definition) is 2. The number of nitrogens with zero attached hydrogens (tertiary/aromatic N) is 2. The van der Waals surface area contributed by atoms with Gasteiger partial charge in [-0.25, -0.2) is 0 Å². The molecule has 5 heteroatoms. The quantitative estimate of drug-likeness (QED) is 0.523. The average molecular weight is 166 g/mol. The molecule has 0 aromatic carbocycles. The van der Waals surface area contributed by atoms with Gasteiger partial charge in [0.15, 0.2) is 0 Å². The zero-order chi connectivity index (χ0) is 8.55. The third-order valence-corrected chi connectivity index (χ3v) is 2.04. The molecule has 2 aliphatic heterocycles. The van der Waals surface area contributed by atoms with Crippen LogP contribution in [0.1, 0.15) is 6.42 Å². The van der Waals surface area contributed by atoms with Crippen molar-refractivity contribution in [2.45, 2.75) is 6.42 Å². The fourth-order valence-corrected chi connectivity index (χ4v) is 1.36. The van der Waals surface area contributed by atoms with Crippen molar-refractivity contribution in [3.63, 3.8) is 0 Å². The summed E-state index contributed by atoms with van der Waals surface area (Å²) in [5.74, 6) is 0.654. The Morgan fingerprint density at radius 1 is 1.75 bits per heavy atom. The lowest BCUT2D eigenvalue weighted by atomic mass is 10.1. The van der Waals surface area contributed by atoms with E-state index in [1.807, 2.05) is 11.0 Å². The number of hydrogen-bond acceptors (Lipinski definition) is 4. The van der Waals surface area contributed by atoms with Crippen LogP contribution < -0.4 is 11.2 Å². The molecule has 12 heavy (non-hydrogen) atoms. The zero-order valence-electron chi connectivity index (χ0n) is 6.58. The second-order valence-corrected chi connectivity index (χ2v) is 2.84. The molecule has 0 aromatic heterocycles. The number of carbonyl (C=O) groups is 1. The van der Waals surface area contributed by atoms with Crippen LogP contribution in [-0.4, -0.2) is 29.9 Å². The number of primary amides is 1. The summed E-state index contributed by atoms with van der Waals surface area (Å²) in [5, 5.41) is 4.05. The Bertz CT molecular complexity index is 281. The summed E-state index contributed by atoms with van der Waals surface area (Å²) in [5.41, 5.74) is 8.69. The summed E-state index contributed by atoms with van der Waals surface area (Å²) < 4.78 is 0. The summed E-state index contributed by atoms with van der Waals surface area (Å²) in [6.45, 7) is 1.27. The molecule has 0 saturated carbocycles. The Labute approximate surface area is 69.9 Å². The van der Waals surface area contributed by atoms with Gasteiger partial charge in [-0.3, -0.25) is 10.2 Å². The smallest absolute Gasteiger partial charge is 0.246 e. The van der Waals surface area contributed by atoms with Gasteiger partial charge in [-0.2, -0.15) is 5.10 Å². The highest BCUT2D eigenvalue weighted by atomic mass is 16.1. The van der Waals surface area contributed by atoms with E-state index in [-0.39, 0.29) is 5.91 Å². The number of carbonyl (C=O) groups excluding carboxylic acids is 1. The predicted octanol–water partition coefficient (Wildman–Crippen LogP) is -1.02. The van der Waals surface area contributed by atoms with E-state index < -0.39 is 0 Å². The molecule has 2 heterocycles. The van der Waals surface area contributed by atoms with Crippen LogP contribution in [0.4, 0.5) is 0 Å². The molecule has 0 atom stereocenters. The maximum absolute atomic E-state index is 10.8. The first kappa shape index (κ1) is 7.15. The van der Waals surface area contributed by atoms with Crippen molar-refractivity contribution < 1.29 is 4.79 Å². The van der Waals surface area contributed by atoms with E-state index in [0.717, 1.165) is 5.84 Å². The zero-order valence-corrected chi connectivity index (χ0v) is 6.58. The number of hydrazone groups is 1. The predicted molar refractivity (Wildman–Crippen MR) is 44.0 cm³/mol. The molecule has 5 nitrogen and oxygen atoms in total. The van der Waals surface area contributed by atoms with E-state index >= 15 is 0 Å². The van der Waals surface area contributed by atoms with Crippen LogP contribution in [0.5, 0.6) is 0 Å². The minimum Gasteiger partial charge on any atom is -0.366 e. The van der Waals surface area contributed by atoms with Crippen molar-refractivity contribution in [2.75, 3.05) is 13.2 Å². The van der Waals surface area contributed by atoms with Crippen molar-refractivity contribution >= 4 is 11.7 Å². The van der Waals surface area contributed by atoms with Crippen molar-refractivity contribution in [3.8, 4) is 0 Å². The molecule has 0 aliphatic carbocycles. The molecule has 0 saturated heterocycles. The monoisotopic (exact) mass is 166 g/mol. The number of nitrogens with one attached hydrogen (secondary N) is 1. The second-order valence-electron chi connectivity index (χ2n) is 2.84. The van der Waals surface area contributed by atoms with E-state index in [9.17, 15) is 4.79 Å². The summed E-state index contributed by atoms with van der Waals surface area (Å²) in [7, 11) is 0. The summed E-state index contributed by atoms with van der Waals surface area (Å²) in [6, 6.07) is 0. The number of nitrogens with two attached hydrogens (primary N) is 1. The molecule has 0 bridgehead atoms. The van der Waals surface area contributed by atoms with Crippen LogP contribution >= 0.6 is 0 Å². The van der Waals surface area contributed by atoms with Crippen LogP contribution in [0.3, 0.4) is 0 Å². The van der Waals surface area contributed by atoms with E-state index in [4.69, 9.17) is 5.73 Å². The van der Waals surface area contributed by atoms with Crippen LogP contribution in [-0.2, 0) is 4.79 Å². The van der Waals surface area contributed by atoms with E-state index in [1.54, 1.807) is 0 Å². The maximum Gasteiger partial charge on any atom is 0.246 e. The van der Waals surface area contributed by atoms with E-state index in [2.05, 4.69) is 10.5 Å². The molecule has 0 aromatic rings. The van der Waals surface area contributed by atoms with Gasteiger partial charge >= 0.3 is 0 Å². The standard InChI is InChI=1S/C7H10N4O/c8-7(12)5-1-2-6-10-9-4-11(6)3-5/h1,9H,2-4H2,(H2,8,12). The van der Waals surface area contributed by atoms with Crippen molar-refractivity contribution in [1.29, 1.82) is 0 Å². The highest BCUT2D eigenvalue weighted by Gasteiger charge is 2.23. The van der Waals surface area contributed by atoms with Gasteiger partial charge in [-0.1, -0.05) is 6.08 Å². The van der Waals surface area contributed by atoms with Gasteiger partial charge < -0.3 is 10.6 Å². The first-order valence-electron chi connectivity index (χ1n) is 3.80. The molecule has 2 aliphatic rings. The Morgan fingerprint density at radius 3 is 3.33 bits per heavy atom. The molecular weight excluding hydrogens is 156 g/mol. The van der Waals surface area contributed by atoms with E-state index in [1.165, 1.54) is 0 Å². The van der Waals surface area contributed by atoms with Crippen LogP contribution in [0.2, 0.25) is 0 Å². The Hall–Kier alpha value is -1.52. The molecule has 0 radical (unpaired) electrons. The molecule has 64 valence electrons. The second kappa shape index (κ2) is 2.51. The van der Waals surface area contributed by atoms with Crippen molar-refractivity contribution in [3.05, 3.63) is 11.6 Å². The van der Waals surface area contributed by atoms with Crippen LogP contribution in [0.25, 0.3) is 0 Å². The van der Waals surface area contributed by atoms with Crippen molar-refractivity contribution in [1.82, 2.24) is 10.3 Å². The Balaban J connectivity index is 2.16. The lowest BCUT2D eigenvalue weighted by Crippen LogP contribution is -2.37. The van der Waals surface area contributed by atoms with Crippen molar-refractivity contribution in [2.24, 2.45) is 10.8 Å². The topological polar surface area (TPSA) is 70.7 Å². The average Bonchev–Trinajstić information content (AvgIpc) is 2.49. The molecule has 0 unspecified atom stereocenters. The maximum atomic E-state index is 10.8. The number of amidine groups is 1. The normalized spacial score (nSPS) is 20.8. The fraction of sp³-hybridized carbons (Fsp3) is 0.429. The van der Waals surface area contributed by atoms with E-state index in [0.29, 0.717) is 25.2 Å². The molecular formula is C7H10N4O. The minimum absolute atomic E-state index is 0.332. The van der Waals surface area contributed by atoms with Gasteiger partial charge in [-0.05, 0) is 0 Å². The van der Waals surface area contributed by atoms with Gasteiger partial charge in [0, 0.05) is 12.0 Å². The van der Waals surface area contributed by atoms with Crippen LogP contribution in [0, 0.1) is 0 Å².